The number of benzene rings is 3. The minimum atomic E-state index is -0.591. The van der Waals surface area contributed by atoms with Crippen LogP contribution in [0.1, 0.15) is 16.7 Å². The van der Waals surface area contributed by atoms with Crippen molar-refractivity contribution in [1.29, 1.82) is 0 Å². The molecule has 0 N–H and O–H groups in total. The third-order valence-electron chi connectivity index (χ3n) is 4.78. The van der Waals surface area contributed by atoms with Gasteiger partial charge in [-0.15, -0.1) is 0 Å². The van der Waals surface area contributed by atoms with E-state index in [0.717, 1.165) is 4.47 Å². The van der Waals surface area contributed by atoms with Gasteiger partial charge in [-0.25, -0.2) is 9.79 Å². The number of aliphatic imine (C=N–C) groups is 1. The van der Waals surface area contributed by atoms with Gasteiger partial charge < -0.3 is 14.2 Å². The summed E-state index contributed by atoms with van der Waals surface area (Å²) in [5, 5.41) is 11.2. The van der Waals surface area contributed by atoms with Gasteiger partial charge >= 0.3 is 5.97 Å². The quantitative estimate of drug-likeness (QED) is 0.158. The van der Waals surface area contributed by atoms with Gasteiger partial charge in [-0.3, -0.25) is 10.1 Å². The normalized spacial score (nSPS) is 14.0. The molecule has 10 heteroatoms. The zero-order valence-corrected chi connectivity index (χ0v) is 20.0. The Morgan fingerprint density at radius 1 is 1.18 bits per heavy atom. The molecule has 0 bridgehead atoms. The lowest BCUT2D eigenvalue weighted by Gasteiger charge is -2.13. The first-order valence-corrected chi connectivity index (χ1v) is 11.0. The molecule has 0 aliphatic carbocycles. The summed E-state index contributed by atoms with van der Waals surface area (Å²) in [5.41, 5.74) is 1.87. The molecule has 172 valence electrons. The molecule has 0 radical (unpaired) electrons. The summed E-state index contributed by atoms with van der Waals surface area (Å²) in [5.74, 6) is 0.195. The van der Waals surface area contributed by atoms with Crippen molar-refractivity contribution in [3.8, 4) is 11.5 Å². The van der Waals surface area contributed by atoms with E-state index >= 15 is 0 Å². The monoisotopic (exact) mass is 542 g/mol. The summed E-state index contributed by atoms with van der Waals surface area (Å²) in [6.07, 6.45) is 1.53. The van der Waals surface area contributed by atoms with Gasteiger partial charge in [0, 0.05) is 16.6 Å². The van der Waals surface area contributed by atoms with Crippen LogP contribution in [0.3, 0.4) is 0 Å². The molecular formula is C24H16BrClN2O6. The van der Waals surface area contributed by atoms with Crippen LogP contribution in [0, 0.1) is 10.1 Å². The molecule has 0 saturated heterocycles. The largest absolute Gasteiger partial charge is 0.493 e. The Balaban J connectivity index is 1.59. The highest BCUT2D eigenvalue weighted by molar-refractivity contribution is 9.10. The molecule has 1 heterocycles. The van der Waals surface area contributed by atoms with Crippen LogP contribution in [0.2, 0.25) is 5.02 Å². The Bertz CT molecular complexity index is 1360. The van der Waals surface area contributed by atoms with Crippen molar-refractivity contribution < 1.29 is 23.9 Å². The fourth-order valence-corrected chi connectivity index (χ4v) is 3.92. The van der Waals surface area contributed by atoms with Crippen LogP contribution in [-0.4, -0.2) is 23.9 Å². The van der Waals surface area contributed by atoms with Crippen molar-refractivity contribution >= 4 is 51.2 Å². The first kappa shape index (κ1) is 23.5. The van der Waals surface area contributed by atoms with Gasteiger partial charge in [0.25, 0.3) is 5.69 Å². The van der Waals surface area contributed by atoms with E-state index in [-0.39, 0.29) is 34.7 Å². The Labute approximate surface area is 207 Å². The number of nitrogens with zero attached hydrogens (tertiary/aromatic N) is 2. The van der Waals surface area contributed by atoms with Crippen molar-refractivity contribution in [3.63, 3.8) is 0 Å². The number of carbonyl (C=O) groups is 1. The van der Waals surface area contributed by atoms with Gasteiger partial charge in [0.15, 0.2) is 17.2 Å². The summed E-state index contributed by atoms with van der Waals surface area (Å²) in [4.78, 5) is 27.2. The van der Waals surface area contributed by atoms with Crippen LogP contribution in [0.5, 0.6) is 11.5 Å². The smallest absolute Gasteiger partial charge is 0.363 e. The molecule has 3 aromatic carbocycles. The number of hydrogen-bond acceptors (Lipinski definition) is 7. The number of esters is 1. The van der Waals surface area contributed by atoms with Crippen molar-refractivity contribution in [2.45, 2.75) is 6.61 Å². The van der Waals surface area contributed by atoms with E-state index < -0.39 is 10.9 Å². The van der Waals surface area contributed by atoms with Crippen LogP contribution in [0.15, 0.2) is 75.8 Å². The predicted octanol–water partition coefficient (Wildman–Crippen LogP) is 5.94. The van der Waals surface area contributed by atoms with Crippen LogP contribution in [0.4, 0.5) is 5.69 Å². The predicted molar refractivity (Wildman–Crippen MR) is 130 cm³/mol. The minimum absolute atomic E-state index is 0.0351. The summed E-state index contributed by atoms with van der Waals surface area (Å²) < 4.78 is 17.3. The van der Waals surface area contributed by atoms with Crippen LogP contribution >= 0.6 is 27.5 Å². The maximum absolute atomic E-state index is 12.4. The van der Waals surface area contributed by atoms with Gasteiger partial charge in [0.1, 0.15) is 6.61 Å². The molecule has 0 aromatic heterocycles. The second-order valence-corrected chi connectivity index (χ2v) is 8.33. The zero-order chi connectivity index (χ0) is 24.2. The average Bonchev–Trinajstić information content (AvgIpc) is 3.18. The average molecular weight is 544 g/mol. The number of carbonyl (C=O) groups excluding carboxylic acids is 1. The fourth-order valence-electron chi connectivity index (χ4n) is 3.20. The van der Waals surface area contributed by atoms with Gasteiger partial charge in [0.05, 0.1) is 22.6 Å². The van der Waals surface area contributed by atoms with Crippen LogP contribution in [-0.2, 0) is 16.1 Å². The highest BCUT2D eigenvalue weighted by Crippen LogP contribution is 2.38. The molecule has 8 nitrogen and oxygen atoms in total. The molecule has 0 spiro atoms. The third-order valence-corrected chi connectivity index (χ3v) is 5.76. The van der Waals surface area contributed by atoms with E-state index in [0.29, 0.717) is 22.4 Å². The van der Waals surface area contributed by atoms with E-state index in [2.05, 4.69) is 20.9 Å². The molecule has 1 aliphatic rings. The summed E-state index contributed by atoms with van der Waals surface area (Å²) in [6, 6.07) is 16.6. The van der Waals surface area contributed by atoms with Gasteiger partial charge in [0.2, 0.25) is 5.90 Å². The Morgan fingerprint density at radius 2 is 1.97 bits per heavy atom. The number of nitro benzene ring substituents is 1. The number of cyclic esters (lactones) is 1. The number of hydrogen-bond donors (Lipinski definition) is 0. The molecule has 0 fully saturated rings. The SMILES string of the molecule is COc1cc(/C=C2\N=C(c3ccccc3Br)OC2=O)cc(Cl)c1OCc1cccc([N+](=O)[O-])c1. The number of halogens is 2. The molecule has 3 aromatic rings. The molecule has 1 aliphatic heterocycles. The molecule has 0 atom stereocenters. The highest BCUT2D eigenvalue weighted by Gasteiger charge is 2.25. The fraction of sp³-hybridized carbons (Fsp3) is 0.0833. The van der Waals surface area contributed by atoms with Crippen LogP contribution in [0.25, 0.3) is 6.08 Å². The summed E-state index contributed by atoms with van der Waals surface area (Å²) in [6.45, 7) is 0.0458. The standard InChI is InChI=1S/C24H16BrClN2O6/c1-32-21-12-15(11-20-24(29)34-23(27-20)17-7-2-3-8-18(17)25)10-19(26)22(21)33-13-14-5-4-6-16(9-14)28(30)31/h2-12H,13H2,1H3/b20-11-. The number of methoxy groups -OCH3 is 1. The maximum atomic E-state index is 12.4. The minimum Gasteiger partial charge on any atom is -0.493 e. The molecule has 4 rings (SSSR count). The molecule has 0 saturated carbocycles. The number of nitro groups is 1. The van der Waals surface area contributed by atoms with Crippen molar-refractivity contribution in [2.24, 2.45) is 4.99 Å². The first-order valence-electron chi connectivity index (χ1n) is 9.87. The van der Waals surface area contributed by atoms with Gasteiger partial charge in [-0.05, 0) is 57.4 Å². The van der Waals surface area contributed by atoms with E-state index in [4.69, 9.17) is 25.8 Å². The van der Waals surface area contributed by atoms with Crippen LogP contribution < -0.4 is 9.47 Å². The van der Waals surface area contributed by atoms with Crippen molar-refractivity contribution in [3.05, 3.63) is 103 Å². The second-order valence-electron chi connectivity index (χ2n) is 7.07. The topological polar surface area (TPSA) is 100 Å². The van der Waals surface area contributed by atoms with Gasteiger partial charge in [-0.1, -0.05) is 35.9 Å². The Kier molecular flexibility index (Phi) is 6.95. The Morgan fingerprint density at radius 3 is 2.71 bits per heavy atom. The first-order chi connectivity index (χ1) is 16.4. The second kappa shape index (κ2) is 10.1. The number of rotatable bonds is 7. The van der Waals surface area contributed by atoms with Crippen molar-refractivity contribution in [1.82, 2.24) is 0 Å². The lowest BCUT2D eigenvalue weighted by Crippen LogP contribution is -2.05. The lowest BCUT2D eigenvalue weighted by atomic mass is 10.1. The molecule has 34 heavy (non-hydrogen) atoms. The molecule has 0 unspecified atom stereocenters. The third kappa shape index (κ3) is 5.11. The highest BCUT2D eigenvalue weighted by atomic mass is 79.9. The summed E-state index contributed by atoms with van der Waals surface area (Å²) >= 11 is 9.85. The zero-order valence-electron chi connectivity index (χ0n) is 17.7. The maximum Gasteiger partial charge on any atom is 0.363 e. The van der Waals surface area contributed by atoms with E-state index in [9.17, 15) is 14.9 Å². The number of non-ortho nitro benzene ring substituents is 1. The Hall–Kier alpha value is -3.69. The van der Waals surface area contributed by atoms with Gasteiger partial charge in [-0.2, -0.15) is 0 Å². The lowest BCUT2D eigenvalue weighted by molar-refractivity contribution is -0.384. The number of ether oxygens (including phenoxy) is 3. The van der Waals surface area contributed by atoms with E-state index in [1.54, 1.807) is 30.3 Å². The molecular weight excluding hydrogens is 528 g/mol. The molecule has 0 amide bonds. The summed E-state index contributed by atoms with van der Waals surface area (Å²) in [7, 11) is 1.45. The van der Waals surface area contributed by atoms with Crippen molar-refractivity contribution in [2.75, 3.05) is 7.11 Å². The van der Waals surface area contributed by atoms with E-state index in [1.807, 2.05) is 18.2 Å². The van der Waals surface area contributed by atoms with E-state index in [1.165, 1.54) is 25.3 Å².